The summed E-state index contributed by atoms with van der Waals surface area (Å²) in [6.07, 6.45) is 0.686. The van der Waals surface area contributed by atoms with Crippen LogP contribution in [-0.4, -0.2) is 59.6 Å². The summed E-state index contributed by atoms with van der Waals surface area (Å²) >= 11 is 0. The van der Waals surface area contributed by atoms with Crippen LogP contribution >= 0.6 is 0 Å². The number of halogens is 1. The summed E-state index contributed by atoms with van der Waals surface area (Å²) in [6.45, 7) is 5.39. The highest BCUT2D eigenvalue weighted by atomic mass is 19.1. The zero-order valence-electron chi connectivity index (χ0n) is 11.8. The van der Waals surface area contributed by atoms with Crippen molar-refractivity contribution >= 4 is 5.97 Å². The van der Waals surface area contributed by atoms with Crippen LogP contribution in [0.2, 0.25) is 0 Å². The van der Waals surface area contributed by atoms with Gasteiger partial charge in [0.1, 0.15) is 5.82 Å². The van der Waals surface area contributed by atoms with Crippen LogP contribution in [-0.2, 0) is 11.2 Å². The zero-order chi connectivity index (χ0) is 14.5. The van der Waals surface area contributed by atoms with Gasteiger partial charge in [-0.1, -0.05) is 18.2 Å². The zero-order valence-corrected chi connectivity index (χ0v) is 11.8. The molecule has 1 fully saturated rings. The average Bonchev–Trinajstić information content (AvgIpc) is 2.41. The van der Waals surface area contributed by atoms with Crippen LogP contribution in [0.25, 0.3) is 0 Å². The van der Waals surface area contributed by atoms with E-state index in [1.165, 1.54) is 6.07 Å². The first-order valence-corrected chi connectivity index (χ1v) is 6.98. The Balaban J connectivity index is 1.84. The number of nitrogens with zero attached hydrogens (tertiary/aromatic N) is 2. The average molecular weight is 280 g/mol. The Hall–Kier alpha value is -1.46. The third kappa shape index (κ3) is 4.02. The second kappa shape index (κ2) is 6.81. The van der Waals surface area contributed by atoms with Crippen LogP contribution in [0.4, 0.5) is 4.39 Å². The van der Waals surface area contributed by atoms with Crippen molar-refractivity contribution in [3.63, 3.8) is 0 Å². The van der Waals surface area contributed by atoms with Gasteiger partial charge in [0, 0.05) is 32.2 Å². The van der Waals surface area contributed by atoms with E-state index >= 15 is 0 Å². The largest absolute Gasteiger partial charge is 0.480 e. The molecule has 1 saturated heterocycles. The third-order valence-electron chi connectivity index (χ3n) is 3.86. The molecule has 110 valence electrons. The molecule has 1 aromatic rings. The fourth-order valence-corrected chi connectivity index (χ4v) is 2.66. The van der Waals surface area contributed by atoms with Crippen molar-refractivity contribution in [3.05, 3.63) is 35.6 Å². The molecular weight excluding hydrogens is 259 g/mol. The maximum Gasteiger partial charge on any atom is 0.317 e. The number of carboxylic acid groups (broad SMARTS) is 1. The molecule has 1 aliphatic heterocycles. The van der Waals surface area contributed by atoms with Gasteiger partial charge >= 0.3 is 5.97 Å². The van der Waals surface area contributed by atoms with Crippen LogP contribution in [0.15, 0.2) is 24.3 Å². The van der Waals surface area contributed by atoms with Gasteiger partial charge in [-0.2, -0.15) is 0 Å². The molecule has 0 aliphatic carbocycles. The lowest BCUT2D eigenvalue weighted by Gasteiger charge is -2.37. The molecule has 0 bridgehead atoms. The number of aliphatic carboxylic acids is 1. The first-order chi connectivity index (χ1) is 9.56. The molecule has 0 amide bonds. The Morgan fingerprint density at radius 1 is 1.30 bits per heavy atom. The van der Waals surface area contributed by atoms with E-state index in [-0.39, 0.29) is 18.4 Å². The molecule has 0 spiro atoms. The summed E-state index contributed by atoms with van der Waals surface area (Å²) in [7, 11) is 0. The Morgan fingerprint density at radius 3 is 2.55 bits per heavy atom. The second-order valence-corrected chi connectivity index (χ2v) is 5.35. The van der Waals surface area contributed by atoms with Gasteiger partial charge in [-0.3, -0.25) is 14.6 Å². The van der Waals surface area contributed by atoms with Crippen LogP contribution in [0.1, 0.15) is 12.5 Å². The van der Waals surface area contributed by atoms with Gasteiger partial charge in [-0.15, -0.1) is 0 Å². The Morgan fingerprint density at radius 2 is 1.95 bits per heavy atom. The number of piperazine rings is 1. The topological polar surface area (TPSA) is 43.8 Å². The van der Waals surface area contributed by atoms with E-state index in [0.29, 0.717) is 6.42 Å². The maximum absolute atomic E-state index is 13.6. The van der Waals surface area contributed by atoms with Crippen molar-refractivity contribution in [2.45, 2.75) is 19.4 Å². The predicted octanol–water partition coefficient (Wildman–Crippen LogP) is 1.46. The number of carboxylic acids is 1. The van der Waals surface area contributed by atoms with Crippen LogP contribution < -0.4 is 0 Å². The van der Waals surface area contributed by atoms with Crippen molar-refractivity contribution in [1.82, 2.24) is 9.80 Å². The van der Waals surface area contributed by atoms with Crippen molar-refractivity contribution in [2.24, 2.45) is 0 Å². The first kappa shape index (κ1) is 14.9. The van der Waals surface area contributed by atoms with Crippen LogP contribution in [0.5, 0.6) is 0 Å². The molecule has 1 aromatic carbocycles. The molecule has 1 aliphatic rings. The van der Waals surface area contributed by atoms with E-state index in [4.69, 9.17) is 5.11 Å². The molecule has 0 radical (unpaired) electrons. The summed E-state index contributed by atoms with van der Waals surface area (Å²) in [5, 5.41) is 8.77. The fraction of sp³-hybridized carbons (Fsp3) is 0.533. The molecular formula is C15H21FN2O2. The molecule has 1 atom stereocenters. The van der Waals surface area contributed by atoms with E-state index in [1.807, 2.05) is 17.0 Å². The van der Waals surface area contributed by atoms with Crippen molar-refractivity contribution in [1.29, 1.82) is 0 Å². The molecule has 20 heavy (non-hydrogen) atoms. The molecule has 0 aromatic heterocycles. The number of hydrogen-bond donors (Lipinski definition) is 1. The van der Waals surface area contributed by atoms with Crippen molar-refractivity contribution < 1.29 is 14.3 Å². The van der Waals surface area contributed by atoms with Gasteiger partial charge in [0.15, 0.2) is 0 Å². The third-order valence-corrected chi connectivity index (χ3v) is 3.86. The number of rotatable bonds is 5. The van der Waals surface area contributed by atoms with Crippen LogP contribution in [0, 0.1) is 5.82 Å². The summed E-state index contributed by atoms with van der Waals surface area (Å²) in [4.78, 5) is 14.9. The van der Waals surface area contributed by atoms with Crippen molar-refractivity contribution in [3.8, 4) is 0 Å². The lowest BCUT2D eigenvalue weighted by Crippen LogP contribution is -2.51. The number of carbonyl (C=O) groups is 1. The van der Waals surface area contributed by atoms with Crippen LogP contribution in [0.3, 0.4) is 0 Å². The molecule has 4 nitrogen and oxygen atoms in total. The van der Waals surface area contributed by atoms with Gasteiger partial charge in [0.25, 0.3) is 0 Å². The fourth-order valence-electron chi connectivity index (χ4n) is 2.66. The smallest absolute Gasteiger partial charge is 0.317 e. The minimum atomic E-state index is -0.780. The monoisotopic (exact) mass is 280 g/mol. The summed E-state index contributed by atoms with van der Waals surface area (Å²) in [5.74, 6) is -0.929. The van der Waals surface area contributed by atoms with E-state index in [9.17, 15) is 9.18 Å². The Kier molecular flexibility index (Phi) is 5.09. The number of benzene rings is 1. The number of hydrogen-bond acceptors (Lipinski definition) is 3. The lowest BCUT2D eigenvalue weighted by molar-refractivity contribution is -0.138. The molecule has 2 rings (SSSR count). The van der Waals surface area contributed by atoms with Gasteiger partial charge in [0.05, 0.1) is 6.54 Å². The maximum atomic E-state index is 13.6. The van der Waals surface area contributed by atoms with E-state index in [2.05, 4.69) is 11.8 Å². The van der Waals surface area contributed by atoms with E-state index in [0.717, 1.165) is 31.7 Å². The lowest BCUT2D eigenvalue weighted by atomic mass is 10.0. The van der Waals surface area contributed by atoms with E-state index in [1.54, 1.807) is 6.07 Å². The quantitative estimate of drug-likeness (QED) is 0.887. The molecule has 1 heterocycles. The second-order valence-electron chi connectivity index (χ2n) is 5.35. The SMILES string of the molecule is CC(Cc1ccccc1F)N1CCN(CC(=O)O)CC1. The highest BCUT2D eigenvalue weighted by molar-refractivity contribution is 5.69. The summed E-state index contributed by atoms with van der Waals surface area (Å²) < 4.78 is 13.6. The van der Waals surface area contributed by atoms with Gasteiger partial charge in [0.2, 0.25) is 0 Å². The predicted molar refractivity (Wildman–Crippen MR) is 75.2 cm³/mol. The Labute approximate surface area is 118 Å². The molecule has 5 heteroatoms. The highest BCUT2D eigenvalue weighted by Gasteiger charge is 2.22. The summed E-state index contributed by atoms with van der Waals surface area (Å²) in [5.41, 5.74) is 0.743. The van der Waals surface area contributed by atoms with Gasteiger partial charge < -0.3 is 5.11 Å². The molecule has 0 saturated carbocycles. The van der Waals surface area contributed by atoms with Gasteiger partial charge in [-0.25, -0.2) is 4.39 Å². The highest BCUT2D eigenvalue weighted by Crippen LogP contribution is 2.14. The molecule has 1 N–H and O–H groups in total. The minimum Gasteiger partial charge on any atom is -0.480 e. The Bertz CT molecular complexity index is 459. The summed E-state index contributed by atoms with van der Waals surface area (Å²) in [6, 6.07) is 7.14. The standard InChI is InChI=1S/C15H21FN2O2/c1-12(10-13-4-2-3-5-14(13)16)18-8-6-17(7-9-18)11-15(19)20/h2-5,12H,6-11H2,1H3,(H,19,20). The van der Waals surface area contributed by atoms with Crippen molar-refractivity contribution in [2.75, 3.05) is 32.7 Å². The first-order valence-electron chi connectivity index (χ1n) is 6.98. The van der Waals surface area contributed by atoms with Gasteiger partial charge in [-0.05, 0) is 25.0 Å². The van der Waals surface area contributed by atoms with E-state index < -0.39 is 5.97 Å². The minimum absolute atomic E-state index is 0.107. The molecule has 1 unspecified atom stereocenters. The normalized spacial score (nSPS) is 18.9.